The molecule has 1 aliphatic rings. The number of rotatable bonds is 8. The maximum Gasteiger partial charge on any atom is 0.278 e. The molecule has 0 saturated carbocycles. The van der Waals surface area contributed by atoms with E-state index < -0.39 is 16.7 Å². The molecular formula is C25H22N4O5. The molecule has 0 radical (unpaired) electrons. The van der Waals surface area contributed by atoms with Crippen LogP contribution in [0.5, 0.6) is 5.75 Å². The number of nitro groups is 1. The smallest absolute Gasteiger partial charge is 0.278 e. The van der Waals surface area contributed by atoms with Crippen LogP contribution in [0.25, 0.3) is 5.57 Å². The molecule has 4 rings (SSSR count). The molecule has 0 atom stereocenters. The van der Waals surface area contributed by atoms with Crippen LogP contribution in [-0.2, 0) is 16.1 Å². The molecule has 0 fully saturated rings. The number of carbonyl (C=O) groups excluding carboxylic acids is 2. The molecule has 2 heterocycles. The van der Waals surface area contributed by atoms with E-state index in [-0.39, 0.29) is 29.6 Å². The fourth-order valence-corrected chi connectivity index (χ4v) is 3.56. The van der Waals surface area contributed by atoms with E-state index in [1.54, 1.807) is 48.8 Å². The summed E-state index contributed by atoms with van der Waals surface area (Å²) in [5.74, 6) is -0.313. The zero-order chi connectivity index (χ0) is 24.2. The number of hydrogen-bond donors (Lipinski definition) is 1. The first-order chi connectivity index (χ1) is 16.3. The van der Waals surface area contributed by atoms with Crippen molar-refractivity contribution in [1.82, 2.24) is 9.88 Å². The molecule has 2 aromatic carbocycles. The van der Waals surface area contributed by atoms with E-state index in [2.05, 4.69) is 10.3 Å². The predicted molar refractivity (Wildman–Crippen MR) is 126 cm³/mol. The summed E-state index contributed by atoms with van der Waals surface area (Å²) >= 11 is 0. The third kappa shape index (κ3) is 4.78. The van der Waals surface area contributed by atoms with E-state index in [9.17, 15) is 19.7 Å². The van der Waals surface area contributed by atoms with Gasteiger partial charge in [0.25, 0.3) is 17.5 Å². The topological polar surface area (TPSA) is 115 Å². The number of amides is 2. The highest BCUT2D eigenvalue weighted by Gasteiger charge is 2.39. The number of pyridine rings is 1. The number of imide groups is 1. The van der Waals surface area contributed by atoms with Crippen molar-refractivity contribution in [2.75, 3.05) is 5.32 Å². The molecule has 0 saturated heterocycles. The van der Waals surface area contributed by atoms with E-state index in [4.69, 9.17) is 4.74 Å². The third-order valence-corrected chi connectivity index (χ3v) is 5.09. The lowest BCUT2D eigenvalue weighted by Gasteiger charge is -2.15. The van der Waals surface area contributed by atoms with Crippen molar-refractivity contribution in [3.63, 3.8) is 0 Å². The molecule has 34 heavy (non-hydrogen) atoms. The standard InChI is InChI=1S/C25H22N4O5/c1-16(2)34-21-11-7-19(8-12-21)27-23-22(18-5-9-20(10-6-18)29(32)33)24(30)28(25(23)31)15-17-4-3-13-26-14-17/h3-14,16,27H,15H2,1-2H3. The van der Waals surface area contributed by atoms with Gasteiger partial charge in [0.15, 0.2) is 0 Å². The zero-order valence-electron chi connectivity index (χ0n) is 18.6. The Balaban J connectivity index is 1.69. The number of non-ortho nitro benzene ring substituents is 1. The van der Waals surface area contributed by atoms with Gasteiger partial charge in [0, 0.05) is 30.2 Å². The Bertz CT molecular complexity index is 1250. The van der Waals surface area contributed by atoms with Crippen LogP contribution in [-0.4, -0.2) is 32.7 Å². The van der Waals surface area contributed by atoms with Gasteiger partial charge in [-0.1, -0.05) is 6.07 Å². The Morgan fingerprint density at radius 2 is 1.74 bits per heavy atom. The highest BCUT2D eigenvalue weighted by molar-refractivity contribution is 6.36. The third-order valence-electron chi connectivity index (χ3n) is 5.09. The largest absolute Gasteiger partial charge is 0.491 e. The minimum absolute atomic E-state index is 0.0188. The number of carbonyl (C=O) groups is 2. The quantitative estimate of drug-likeness (QED) is 0.306. The molecule has 0 bridgehead atoms. The number of anilines is 1. The maximum atomic E-state index is 13.3. The van der Waals surface area contributed by atoms with Crippen LogP contribution in [0.1, 0.15) is 25.0 Å². The summed E-state index contributed by atoms with van der Waals surface area (Å²) in [5, 5.41) is 14.1. The van der Waals surface area contributed by atoms with Gasteiger partial charge in [-0.2, -0.15) is 0 Å². The van der Waals surface area contributed by atoms with Crippen LogP contribution in [0.15, 0.2) is 78.8 Å². The Morgan fingerprint density at radius 1 is 1.03 bits per heavy atom. The van der Waals surface area contributed by atoms with Gasteiger partial charge in [-0.05, 0) is 67.4 Å². The first-order valence-electron chi connectivity index (χ1n) is 10.6. The zero-order valence-corrected chi connectivity index (χ0v) is 18.6. The van der Waals surface area contributed by atoms with Crippen LogP contribution in [0, 0.1) is 10.1 Å². The van der Waals surface area contributed by atoms with Crippen LogP contribution in [0.4, 0.5) is 11.4 Å². The maximum absolute atomic E-state index is 13.3. The fraction of sp³-hybridized carbons (Fsp3) is 0.160. The average molecular weight is 458 g/mol. The summed E-state index contributed by atoms with van der Waals surface area (Å²) in [7, 11) is 0. The fourth-order valence-electron chi connectivity index (χ4n) is 3.56. The highest BCUT2D eigenvalue weighted by Crippen LogP contribution is 2.32. The number of hydrogen-bond acceptors (Lipinski definition) is 7. The second kappa shape index (κ2) is 9.53. The van der Waals surface area contributed by atoms with E-state index >= 15 is 0 Å². The monoisotopic (exact) mass is 458 g/mol. The summed E-state index contributed by atoms with van der Waals surface area (Å²) in [6.07, 6.45) is 3.22. The molecule has 3 aromatic rings. The number of nitrogens with one attached hydrogen (secondary N) is 1. The lowest BCUT2D eigenvalue weighted by atomic mass is 10.0. The average Bonchev–Trinajstić information content (AvgIpc) is 3.05. The Hall–Kier alpha value is -4.53. The van der Waals surface area contributed by atoms with Crippen LogP contribution < -0.4 is 10.1 Å². The van der Waals surface area contributed by atoms with Crippen molar-refractivity contribution in [2.45, 2.75) is 26.5 Å². The van der Waals surface area contributed by atoms with Crippen molar-refractivity contribution >= 4 is 28.8 Å². The molecular weight excluding hydrogens is 436 g/mol. The van der Waals surface area contributed by atoms with Gasteiger partial charge >= 0.3 is 0 Å². The van der Waals surface area contributed by atoms with Gasteiger partial charge < -0.3 is 10.1 Å². The summed E-state index contributed by atoms with van der Waals surface area (Å²) in [4.78, 5) is 42.4. The second-order valence-electron chi connectivity index (χ2n) is 7.93. The van der Waals surface area contributed by atoms with Crippen molar-refractivity contribution in [3.05, 3.63) is 100.0 Å². The Morgan fingerprint density at radius 3 is 2.32 bits per heavy atom. The highest BCUT2D eigenvalue weighted by atomic mass is 16.6. The normalized spacial score (nSPS) is 13.6. The number of benzene rings is 2. The molecule has 1 N–H and O–H groups in total. The molecule has 0 unspecified atom stereocenters. The first-order valence-corrected chi connectivity index (χ1v) is 10.6. The molecule has 1 aromatic heterocycles. The molecule has 9 heteroatoms. The van der Waals surface area contributed by atoms with Crippen LogP contribution >= 0.6 is 0 Å². The van der Waals surface area contributed by atoms with E-state index in [1.165, 1.54) is 24.3 Å². The van der Waals surface area contributed by atoms with Gasteiger partial charge in [-0.15, -0.1) is 0 Å². The molecule has 2 amide bonds. The van der Waals surface area contributed by atoms with Crippen molar-refractivity contribution < 1.29 is 19.2 Å². The summed E-state index contributed by atoms with van der Waals surface area (Å²) in [6, 6.07) is 16.1. The number of ether oxygens (including phenoxy) is 1. The number of nitro benzene ring substituents is 1. The first kappa shape index (κ1) is 22.7. The predicted octanol–water partition coefficient (Wildman–Crippen LogP) is 4.17. The number of nitrogens with zero attached hydrogens (tertiary/aromatic N) is 3. The summed E-state index contributed by atoms with van der Waals surface area (Å²) in [5.41, 5.74) is 1.83. The van der Waals surface area contributed by atoms with E-state index in [1.807, 2.05) is 13.8 Å². The van der Waals surface area contributed by atoms with Gasteiger partial charge in [-0.3, -0.25) is 29.6 Å². The Labute approximate surface area is 195 Å². The van der Waals surface area contributed by atoms with Gasteiger partial charge in [0.05, 0.1) is 23.1 Å². The van der Waals surface area contributed by atoms with Crippen molar-refractivity contribution in [3.8, 4) is 5.75 Å². The van der Waals surface area contributed by atoms with Crippen LogP contribution in [0.3, 0.4) is 0 Å². The van der Waals surface area contributed by atoms with Crippen molar-refractivity contribution in [1.29, 1.82) is 0 Å². The van der Waals surface area contributed by atoms with Gasteiger partial charge in [-0.25, -0.2) is 0 Å². The molecule has 1 aliphatic heterocycles. The molecule has 0 spiro atoms. The van der Waals surface area contributed by atoms with Gasteiger partial charge in [0.2, 0.25) is 0 Å². The van der Waals surface area contributed by atoms with Crippen molar-refractivity contribution in [2.24, 2.45) is 0 Å². The SMILES string of the molecule is CC(C)Oc1ccc(NC2=C(c3ccc([N+](=O)[O-])cc3)C(=O)N(Cc3cccnc3)C2=O)cc1. The van der Waals surface area contributed by atoms with E-state index in [0.717, 1.165) is 4.90 Å². The molecule has 9 nitrogen and oxygen atoms in total. The second-order valence-corrected chi connectivity index (χ2v) is 7.93. The lowest BCUT2D eigenvalue weighted by molar-refractivity contribution is -0.384. The minimum atomic E-state index is -0.519. The lowest BCUT2D eigenvalue weighted by Crippen LogP contribution is -2.32. The minimum Gasteiger partial charge on any atom is -0.491 e. The molecule has 172 valence electrons. The number of aromatic nitrogens is 1. The molecule has 0 aliphatic carbocycles. The Kier molecular flexibility index (Phi) is 6.35. The van der Waals surface area contributed by atoms with Crippen LogP contribution in [0.2, 0.25) is 0 Å². The van der Waals surface area contributed by atoms with E-state index in [0.29, 0.717) is 22.6 Å². The summed E-state index contributed by atoms with van der Waals surface area (Å²) < 4.78 is 5.65. The summed E-state index contributed by atoms with van der Waals surface area (Å²) in [6.45, 7) is 3.90. The van der Waals surface area contributed by atoms with Gasteiger partial charge in [0.1, 0.15) is 11.4 Å².